The monoisotopic (exact) mass is 254 g/mol. The van der Waals surface area contributed by atoms with E-state index in [0.717, 1.165) is 6.42 Å². The number of fused-ring (bicyclic) bond motifs is 2. The van der Waals surface area contributed by atoms with E-state index in [-0.39, 0.29) is 5.92 Å². The van der Waals surface area contributed by atoms with Crippen LogP contribution in [0.1, 0.15) is 25.7 Å². The van der Waals surface area contributed by atoms with Gasteiger partial charge in [0.2, 0.25) is 0 Å². The van der Waals surface area contributed by atoms with Crippen molar-refractivity contribution in [3.8, 4) is 6.07 Å². The number of nitriles is 1. The molecule has 88 valence electrons. The molecule has 3 rings (SSSR count). The van der Waals surface area contributed by atoms with E-state index in [1.54, 1.807) is 0 Å². The summed E-state index contributed by atoms with van der Waals surface area (Å²) in [6, 6.07) is 3.12. The molecular weight excluding hydrogens is 236 g/mol. The van der Waals surface area contributed by atoms with Crippen molar-refractivity contribution in [1.82, 2.24) is 4.90 Å². The molecule has 0 aromatic carbocycles. The normalized spacial score (nSPS) is 38.2. The van der Waals surface area contributed by atoms with E-state index in [1.165, 1.54) is 43.9 Å². The summed E-state index contributed by atoms with van der Waals surface area (Å²) in [5.41, 5.74) is 0. The second-order valence-corrected chi connectivity index (χ2v) is 8.08. The molecule has 2 nitrogen and oxygen atoms in total. The number of rotatable bonds is 0. The largest absolute Gasteiger partial charge is 0.297 e. The summed E-state index contributed by atoms with van der Waals surface area (Å²) in [7, 11) is 0. The Morgan fingerprint density at radius 3 is 2.75 bits per heavy atom. The highest BCUT2D eigenvalue weighted by molar-refractivity contribution is 8.18. The lowest BCUT2D eigenvalue weighted by molar-refractivity contribution is 0.160. The summed E-state index contributed by atoms with van der Waals surface area (Å²) in [6.45, 7) is 2.45. The second-order valence-electron chi connectivity index (χ2n) is 4.97. The number of hydrogen-bond donors (Lipinski definition) is 0. The second kappa shape index (κ2) is 4.44. The minimum atomic E-state index is 0.286. The Kier molecular flexibility index (Phi) is 3.12. The quantitative estimate of drug-likeness (QED) is 0.664. The zero-order valence-corrected chi connectivity index (χ0v) is 11.2. The van der Waals surface area contributed by atoms with E-state index in [4.69, 9.17) is 0 Å². The fourth-order valence-electron chi connectivity index (χ4n) is 3.39. The molecule has 3 aliphatic rings. The highest BCUT2D eigenvalue weighted by Crippen LogP contribution is 2.55. The fourth-order valence-corrected chi connectivity index (χ4v) is 7.11. The van der Waals surface area contributed by atoms with Crippen molar-refractivity contribution < 1.29 is 0 Å². The standard InChI is InChI=1S/C12H18N2S2/c13-9-10-3-1-5-14-6-4-12(11(10)14)15-7-2-8-16-12/h10-11H,1-8H2/t10-,11+/m1/s1. The van der Waals surface area contributed by atoms with Crippen molar-refractivity contribution in [3.05, 3.63) is 0 Å². The van der Waals surface area contributed by atoms with E-state index in [2.05, 4.69) is 34.5 Å². The Morgan fingerprint density at radius 1 is 1.19 bits per heavy atom. The van der Waals surface area contributed by atoms with E-state index in [1.807, 2.05) is 0 Å². The van der Waals surface area contributed by atoms with E-state index < -0.39 is 0 Å². The Morgan fingerprint density at radius 2 is 2.00 bits per heavy atom. The summed E-state index contributed by atoms with van der Waals surface area (Å²) in [6.07, 6.45) is 4.99. The van der Waals surface area contributed by atoms with Gasteiger partial charge in [0.1, 0.15) is 0 Å². The molecule has 4 heteroatoms. The van der Waals surface area contributed by atoms with Crippen molar-refractivity contribution in [2.75, 3.05) is 24.6 Å². The summed E-state index contributed by atoms with van der Waals surface area (Å²) in [4.78, 5) is 2.60. The zero-order chi connectivity index (χ0) is 11.0. The van der Waals surface area contributed by atoms with Gasteiger partial charge in [0, 0.05) is 12.6 Å². The summed E-state index contributed by atoms with van der Waals surface area (Å²) < 4.78 is 0.374. The molecule has 0 saturated carbocycles. The summed E-state index contributed by atoms with van der Waals surface area (Å²) in [5, 5.41) is 9.36. The van der Waals surface area contributed by atoms with Crippen molar-refractivity contribution in [2.24, 2.45) is 5.92 Å². The first-order valence-corrected chi connectivity index (χ1v) is 8.24. The third-order valence-corrected chi connectivity index (χ3v) is 7.64. The van der Waals surface area contributed by atoms with Crippen LogP contribution in [0.4, 0.5) is 0 Å². The molecule has 1 spiro atoms. The maximum atomic E-state index is 9.36. The molecule has 0 aromatic heterocycles. The SMILES string of the molecule is N#C[C@H]1CCCN2CCC3(SCCCS3)[C@H]12. The predicted octanol–water partition coefficient (Wildman–Crippen LogP) is 2.56. The average molecular weight is 254 g/mol. The smallest absolute Gasteiger partial charge is 0.0790 e. The van der Waals surface area contributed by atoms with Gasteiger partial charge in [0.25, 0.3) is 0 Å². The highest BCUT2D eigenvalue weighted by Gasteiger charge is 2.53. The van der Waals surface area contributed by atoms with Crippen LogP contribution < -0.4 is 0 Å². The molecule has 3 fully saturated rings. The molecule has 3 heterocycles. The van der Waals surface area contributed by atoms with E-state index in [9.17, 15) is 5.26 Å². The van der Waals surface area contributed by atoms with Crippen LogP contribution in [0, 0.1) is 17.2 Å². The van der Waals surface area contributed by atoms with Gasteiger partial charge in [-0.3, -0.25) is 4.90 Å². The van der Waals surface area contributed by atoms with Gasteiger partial charge in [-0.2, -0.15) is 5.26 Å². The van der Waals surface area contributed by atoms with Crippen molar-refractivity contribution in [2.45, 2.75) is 35.8 Å². The van der Waals surface area contributed by atoms with Crippen LogP contribution >= 0.6 is 23.5 Å². The third kappa shape index (κ3) is 1.68. The van der Waals surface area contributed by atoms with Crippen LogP contribution in [0.3, 0.4) is 0 Å². The van der Waals surface area contributed by atoms with Gasteiger partial charge >= 0.3 is 0 Å². The molecule has 16 heavy (non-hydrogen) atoms. The number of nitrogens with zero attached hydrogens (tertiary/aromatic N) is 2. The fraction of sp³-hybridized carbons (Fsp3) is 0.917. The maximum Gasteiger partial charge on any atom is 0.0790 e. The Labute approximate surface area is 106 Å². The zero-order valence-electron chi connectivity index (χ0n) is 9.52. The van der Waals surface area contributed by atoms with Crippen molar-refractivity contribution in [1.29, 1.82) is 5.26 Å². The van der Waals surface area contributed by atoms with Crippen LogP contribution in [0.15, 0.2) is 0 Å². The molecule has 0 aliphatic carbocycles. The van der Waals surface area contributed by atoms with Gasteiger partial charge in [-0.15, -0.1) is 23.5 Å². The van der Waals surface area contributed by atoms with Gasteiger partial charge in [-0.1, -0.05) is 0 Å². The summed E-state index contributed by atoms with van der Waals surface area (Å²) in [5.74, 6) is 2.89. The maximum absolute atomic E-state index is 9.36. The molecule has 2 atom stereocenters. The lowest BCUT2D eigenvalue weighted by Crippen LogP contribution is -2.49. The minimum Gasteiger partial charge on any atom is -0.297 e. The van der Waals surface area contributed by atoms with Crippen LogP contribution in [-0.4, -0.2) is 39.6 Å². The van der Waals surface area contributed by atoms with Gasteiger partial charge in [0.05, 0.1) is 16.1 Å². The number of piperidine rings is 1. The first-order valence-electron chi connectivity index (χ1n) is 6.27. The first-order chi connectivity index (χ1) is 7.86. The molecule has 0 N–H and O–H groups in total. The van der Waals surface area contributed by atoms with Crippen LogP contribution in [0.25, 0.3) is 0 Å². The molecular formula is C12H18N2S2. The molecule has 0 radical (unpaired) electrons. The predicted molar refractivity (Wildman–Crippen MR) is 70.6 cm³/mol. The Balaban J connectivity index is 1.87. The number of thioether (sulfide) groups is 2. The molecule has 0 unspecified atom stereocenters. The van der Waals surface area contributed by atoms with Crippen LogP contribution in [0.5, 0.6) is 0 Å². The molecule has 0 bridgehead atoms. The molecule has 3 saturated heterocycles. The Bertz CT molecular complexity index is 307. The molecule has 3 aliphatic heterocycles. The minimum absolute atomic E-state index is 0.286. The average Bonchev–Trinajstić information content (AvgIpc) is 2.70. The lowest BCUT2D eigenvalue weighted by atomic mass is 9.90. The number of hydrogen-bond acceptors (Lipinski definition) is 4. The lowest BCUT2D eigenvalue weighted by Gasteiger charge is -2.44. The summed E-state index contributed by atoms with van der Waals surface area (Å²) >= 11 is 4.30. The van der Waals surface area contributed by atoms with Gasteiger partial charge in [0.15, 0.2) is 0 Å². The van der Waals surface area contributed by atoms with E-state index in [0.29, 0.717) is 10.1 Å². The van der Waals surface area contributed by atoms with Gasteiger partial charge < -0.3 is 0 Å². The first kappa shape index (κ1) is 11.3. The van der Waals surface area contributed by atoms with Gasteiger partial charge in [-0.25, -0.2) is 0 Å². The molecule has 0 amide bonds. The van der Waals surface area contributed by atoms with E-state index >= 15 is 0 Å². The highest BCUT2D eigenvalue weighted by atomic mass is 32.2. The van der Waals surface area contributed by atoms with Crippen LogP contribution in [0.2, 0.25) is 0 Å². The molecule has 0 aromatic rings. The van der Waals surface area contributed by atoms with Crippen molar-refractivity contribution in [3.63, 3.8) is 0 Å². The topological polar surface area (TPSA) is 27.0 Å². The van der Waals surface area contributed by atoms with Crippen molar-refractivity contribution >= 4 is 23.5 Å². The van der Waals surface area contributed by atoms with Gasteiger partial charge in [-0.05, 0) is 43.7 Å². The Hall–Kier alpha value is 0.150. The van der Waals surface area contributed by atoms with Crippen LogP contribution in [-0.2, 0) is 0 Å². The third-order valence-electron chi connectivity index (χ3n) is 4.08.